The molecule has 0 bridgehead atoms. The number of hydrogen-bond acceptors (Lipinski definition) is 5. The number of rotatable bonds is 6. The molecule has 5 nitrogen and oxygen atoms in total. The van der Waals surface area contributed by atoms with Crippen molar-refractivity contribution in [3.8, 4) is 5.75 Å². The van der Waals surface area contributed by atoms with Crippen LogP contribution >= 0.6 is 0 Å². The van der Waals surface area contributed by atoms with Gasteiger partial charge in [0.05, 0.1) is 18.6 Å². The summed E-state index contributed by atoms with van der Waals surface area (Å²) in [4.78, 5) is 26.4. The van der Waals surface area contributed by atoms with Gasteiger partial charge < -0.3 is 14.9 Å². The van der Waals surface area contributed by atoms with E-state index in [2.05, 4.69) is 0 Å². The van der Waals surface area contributed by atoms with Gasteiger partial charge in [0.25, 0.3) is 0 Å². The van der Waals surface area contributed by atoms with Crippen molar-refractivity contribution < 1.29 is 24.5 Å². The number of carbonyl (C=O) groups excluding carboxylic acids is 2. The number of aliphatic hydroxyl groups excluding tert-OH is 2. The number of hydrogen-bond donors (Lipinski definition) is 2. The topological polar surface area (TPSA) is 83.8 Å². The highest BCUT2D eigenvalue weighted by atomic mass is 16.5. The van der Waals surface area contributed by atoms with E-state index < -0.39 is 17.9 Å². The fraction of sp³-hybridized carbons (Fsp3) is 0.615. The van der Waals surface area contributed by atoms with Gasteiger partial charge in [-0.25, -0.2) is 0 Å². The number of carbonyl (C=O) groups is 2. The smallest absolute Gasteiger partial charge is 0.163 e. The largest absolute Gasteiger partial charge is 0.512 e. The zero-order valence-corrected chi connectivity index (χ0v) is 19.4. The zero-order chi connectivity index (χ0) is 23.0. The van der Waals surface area contributed by atoms with Crippen LogP contribution in [0.25, 0.3) is 0 Å². The van der Waals surface area contributed by atoms with Crippen LogP contribution in [0.15, 0.2) is 35.6 Å². The molecule has 1 aromatic carbocycles. The normalized spacial score (nSPS) is 26.6. The van der Waals surface area contributed by atoms with Crippen LogP contribution in [0, 0.1) is 16.7 Å². The first-order chi connectivity index (χ1) is 14.4. The monoisotopic (exact) mass is 428 g/mol. The van der Waals surface area contributed by atoms with Crippen molar-refractivity contribution in [2.75, 3.05) is 6.61 Å². The van der Waals surface area contributed by atoms with Gasteiger partial charge >= 0.3 is 0 Å². The second kappa shape index (κ2) is 8.78. The summed E-state index contributed by atoms with van der Waals surface area (Å²) >= 11 is 0. The van der Waals surface area contributed by atoms with Gasteiger partial charge in [0.2, 0.25) is 0 Å². The fourth-order valence-electron chi connectivity index (χ4n) is 5.18. The first-order valence-corrected chi connectivity index (χ1v) is 11.3. The van der Waals surface area contributed by atoms with E-state index >= 15 is 0 Å². The van der Waals surface area contributed by atoms with Gasteiger partial charge in [-0.15, -0.1) is 0 Å². The molecule has 0 spiro atoms. The fourth-order valence-corrected chi connectivity index (χ4v) is 5.18. The van der Waals surface area contributed by atoms with E-state index in [4.69, 9.17) is 4.74 Å². The summed E-state index contributed by atoms with van der Waals surface area (Å²) in [5, 5.41) is 21.9. The minimum Gasteiger partial charge on any atom is -0.512 e. The van der Waals surface area contributed by atoms with Crippen molar-refractivity contribution in [3.63, 3.8) is 0 Å². The molecule has 0 radical (unpaired) electrons. The van der Waals surface area contributed by atoms with E-state index in [1.165, 1.54) is 0 Å². The standard InChI is InChI=1S/C26H36O5/c1-6-11-31-17-9-7-16(8-10-17)22(23-18(27)12-25(2,3)13-19(23)28)24-20(29)14-26(4,5)15-21(24)30/h7-10,18,22-23,27,29H,6,11-15H2,1-5H3/t18-,22-,23+/m0/s1. The molecule has 5 heteroatoms. The summed E-state index contributed by atoms with van der Waals surface area (Å²) in [7, 11) is 0. The lowest BCUT2D eigenvalue weighted by Crippen LogP contribution is -2.45. The van der Waals surface area contributed by atoms with Crippen LogP contribution in [0.1, 0.15) is 78.2 Å². The van der Waals surface area contributed by atoms with Crippen molar-refractivity contribution in [1.82, 2.24) is 0 Å². The number of aliphatic hydroxyl groups is 2. The van der Waals surface area contributed by atoms with Crippen LogP contribution in [-0.2, 0) is 9.59 Å². The van der Waals surface area contributed by atoms with Gasteiger partial charge in [0.15, 0.2) is 5.78 Å². The van der Waals surface area contributed by atoms with Gasteiger partial charge in [-0.2, -0.15) is 0 Å². The molecule has 0 unspecified atom stereocenters. The molecule has 1 fully saturated rings. The molecule has 170 valence electrons. The van der Waals surface area contributed by atoms with Crippen molar-refractivity contribution in [3.05, 3.63) is 41.2 Å². The van der Waals surface area contributed by atoms with Crippen molar-refractivity contribution >= 4 is 11.6 Å². The molecule has 0 aromatic heterocycles. The van der Waals surface area contributed by atoms with Crippen molar-refractivity contribution in [2.45, 2.75) is 78.7 Å². The van der Waals surface area contributed by atoms with Crippen LogP contribution in [0.3, 0.4) is 0 Å². The van der Waals surface area contributed by atoms with E-state index in [1.807, 2.05) is 58.9 Å². The summed E-state index contributed by atoms with van der Waals surface area (Å²) in [6, 6.07) is 7.36. The Morgan fingerprint density at radius 1 is 1.03 bits per heavy atom. The molecule has 2 aliphatic carbocycles. The highest BCUT2D eigenvalue weighted by Gasteiger charge is 2.48. The first-order valence-electron chi connectivity index (χ1n) is 11.3. The lowest BCUT2D eigenvalue weighted by atomic mass is 9.62. The average molecular weight is 429 g/mol. The van der Waals surface area contributed by atoms with Crippen molar-refractivity contribution in [2.24, 2.45) is 16.7 Å². The van der Waals surface area contributed by atoms with Crippen LogP contribution in [0.5, 0.6) is 5.75 Å². The first kappa shape index (κ1) is 23.5. The Bertz CT molecular complexity index is 862. The second-order valence-electron chi connectivity index (χ2n) is 10.8. The number of ether oxygens (including phenoxy) is 1. The Kier molecular flexibility index (Phi) is 6.66. The molecular weight excluding hydrogens is 392 g/mol. The molecule has 2 N–H and O–H groups in total. The Balaban J connectivity index is 2.07. The number of Topliss-reactive ketones (excluding diaryl/α,β-unsaturated/α-hetero) is 2. The third kappa shape index (κ3) is 5.20. The number of allylic oxidation sites excluding steroid dienone is 2. The molecule has 1 saturated carbocycles. The lowest BCUT2D eigenvalue weighted by molar-refractivity contribution is -0.135. The summed E-state index contributed by atoms with van der Waals surface area (Å²) in [6.45, 7) is 10.5. The summed E-state index contributed by atoms with van der Waals surface area (Å²) in [5.41, 5.74) is 0.420. The molecule has 31 heavy (non-hydrogen) atoms. The van der Waals surface area contributed by atoms with Crippen LogP contribution in [0.4, 0.5) is 0 Å². The highest BCUT2D eigenvalue weighted by Crippen LogP contribution is 2.48. The third-order valence-electron chi connectivity index (χ3n) is 6.48. The van der Waals surface area contributed by atoms with Gasteiger partial charge in [-0.05, 0) is 41.4 Å². The predicted molar refractivity (Wildman–Crippen MR) is 120 cm³/mol. The molecule has 3 atom stereocenters. The molecule has 0 amide bonds. The Labute approximate surface area is 185 Å². The number of benzene rings is 1. The van der Waals surface area contributed by atoms with Crippen LogP contribution in [0.2, 0.25) is 0 Å². The summed E-state index contributed by atoms with van der Waals surface area (Å²) in [5.74, 6) is -0.856. The van der Waals surface area contributed by atoms with E-state index in [9.17, 15) is 19.8 Å². The predicted octanol–water partition coefficient (Wildman–Crippen LogP) is 5.13. The van der Waals surface area contributed by atoms with Crippen molar-refractivity contribution in [1.29, 1.82) is 0 Å². The molecule has 2 aliphatic rings. The molecular formula is C26H36O5. The lowest BCUT2D eigenvalue weighted by Gasteiger charge is -2.42. The maximum atomic E-state index is 13.2. The average Bonchev–Trinajstić information content (AvgIpc) is 2.62. The van der Waals surface area contributed by atoms with E-state index in [1.54, 1.807) is 0 Å². The molecule has 0 saturated heterocycles. The van der Waals surface area contributed by atoms with Gasteiger partial charge in [0.1, 0.15) is 17.3 Å². The highest BCUT2D eigenvalue weighted by molar-refractivity contribution is 6.00. The maximum absolute atomic E-state index is 13.2. The van der Waals surface area contributed by atoms with Crippen LogP contribution < -0.4 is 4.74 Å². The quantitative estimate of drug-likeness (QED) is 0.656. The Morgan fingerprint density at radius 2 is 1.68 bits per heavy atom. The number of ketones is 2. The molecule has 0 heterocycles. The van der Waals surface area contributed by atoms with E-state index in [-0.39, 0.29) is 28.2 Å². The maximum Gasteiger partial charge on any atom is 0.163 e. The minimum atomic E-state index is -0.875. The third-order valence-corrected chi connectivity index (χ3v) is 6.48. The Hall–Kier alpha value is -2.14. The van der Waals surface area contributed by atoms with Gasteiger partial charge in [0, 0.05) is 30.8 Å². The SMILES string of the molecule is CCCOc1ccc([C@H](C2=C(O)CC(C)(C)CC2=O)[C@H]2C(=O)CC(C)(C)C[C@@H]2O)cc1. The molecule has 1 aromatic rings. The van der Waals surface area contributed by atoms with E-state index in [0.29, 0.717) is 37.9 Å². The van der Waals surface area contributed by atoms with E-state index in [0.717, 1.165) is 17.7 Å². The molecule has 3 rings (SSSR count). The second-order valence-corrected chi connectivity index (χ2v) is 10.8. The molecule has 0 aliphatic heterocycles. The summed E-state index contributed by atoms with van der Waals surface area (Å²) in [6.07, 6.45) is 1.53. The van der Waals surface area contributed by atoms with Gasteiger partial charge in [-0.1, -0.05) is 46.8 Å². The Morgan fingerprint density at radius 3 is 2.23 bits per heavy atom. The minimum absolute atomic E-state index is 0.0439. The van der Waals surface area contributed by atoms with Gasteiger partial charge in [-0.3, -0.25) is 9.59 Å². The summed E-state index contributed by atoms with van der Waals surface area (Å²) < 4.78 is 5.68. The van der Waals surface area contributed by atoms with Crippen LogP contribution in [-0.4, -0.2) is 34.5 Å². The zero-order valence-electron chi connectivity index (χ0n) is 19.4.